The molecule has 0 unspecified atom stereocenters. The molecule has 5 aromatic rings. The topological polar surface area (TPSA) is 67.9 Å². The Morgan fingerprint density at radius 1 is 0.838 bits per heavy atom. The molecule has 0 aliphatic carbocycles. The van der Waals surface area contributed by atoms with Crippen molar-refractivity contribution in [2.45, 2.75) is 38.9 Å². The van der Waals surface area contributed by atoms with E-state index in [1.165, 1.54) is 5.39 Å². The highest BCUT2D eigenvalue weighted by atomic mass is 79.9. The third-order valence-corrected chi connectivity index (χ3v) is 8.23. The van der Waals surface area contributed by atoms with Crippen molar-refractivity contribution in [1.82, 2.24) is 19.5 Å². The van der Waals surface area contributed by atoms with E-state index in [1.54, 1.807) is 0 Å². The van der Waals surface area contributed by atoms with Gasteiger partial charge in [0.2, 0.25) is 4.77 Å². The van der Waals surface area contributed by atoms with Gasteiger partial charge in [-0.3, -0.25) is 0 Å². The summed E-state index contributed by atoms with van der Waals surface area (Å²) >= 11 is 14.1. The number of hydrogen-bond acceptors (Lipinski definition) is 5. The molecule has 6 nitrogen and oxygen atoms in total. The zero-order valence-electron chi connectivity index (χ0n) is 20.8. The largest absolute Gasteiger partial charge is 0.494 e. The van der Waals surface area contributed by atoms with E-state index in [4.69, 9.17) is 33.7 Å². The smallest absolute Gasteiger partial charge is 0.399 e. The first kappa shape index (κ1) is 24.7. The van der Waals surface area contributed by atoms with Crippen LogP contribution in [0.3, 0.4) is 0 Å². The van der Waals surface area contributed by atoms with Crippen LogP contribution in [0, 0.1) is 9.54 Å². The molecular weight excluding hydrogens is 567 g/mol. The van der Waals surface area contributed by atoms with Gasteiger partial charge >= 0.3 is 7.12 Å². The molecule has 1 fully saturated rings. The normalized spacial score (nSPS) is 16.6. The summed E-state index contributed by atoms with van der Waals surface area (Å²) in [5.74, 6) is 0.633. The molecule has 6 rings (SSSR count). The third-order valence-electron chi connectivity index (χ3n) is 7.34. The van der Waals surface area contributed by atoms with Crippen LogP contribution in [0.1, 0.15) is 27.7 Å². The predicted octanol–water partition coefficient (Wildman–Crippen LogP) is 7.02. The van der Waals surface area contributed by atoms with Gasteiger partial charge in [-0.05, 0) is 100 Å². The number of halogens is 1. The molecule has 1 aliphatic heterocycles. The van der Waals surface area contributed by atoms with Gasteiger partial charge in [0.25, 0.3) is 0 Å². The third kappa shape index (κ3) is 4.21. The Balaban J connectivity index is 1.52. The van der Waals surface area contributed by atoms with E-state index < -0.39 is 18.3 Å². The molecule has 3 heterocycles. The second-order valence-electron chi connectivity index (χ2n) is 10.3. The first-order valence-electron chi connectivity index (χ1n) is 11.9. The van der Waals surface area contributed by atoms with Gasteiger partial charge in [-0.15, -0.1) is 0 Å². The molecule has 0 atom stereocenters. The summed E-state index contributed by atoms with van der Waals surface area (Å²) in [5.41, 5.74) is 4.27. The lowest BCUT2D eigenvalue weighted by molar-refractivity contribution is 0.00578. The van der Waals surface area contributed by atoms with E-state index in [2.05, 4.69) is 112 Å². The summed E-state index contributed by atoms with van der Waals surface area (Å²) in [4.78, 5) is 10.3. The van der Waals surface area contributed by atoms with Crippen molar-refractivity contribution in [3.05, 3.63) is 74.7 Å². The first-order valence-corrected chi connectivity index (χ1v) is 13.5. The number of H-pyrrole nitrogens is 2. The number of hydrogen-bond donors (Lipinski definition) is 2. The lowest BCUT2D eigenvalue weighted by Gasteiger charge is -2.32. The summed E-state index contributed by atoms with van der Waals surface area (Å²) < 4.78 is 16.8. The van der Waals surface area contributed by atoms with Crippen molar-refractivity contribution >= 4 is 74.8 Å². The van der Waals surface area contributed by atoms with Crippen LogP contribution in [-0.2, 0) is 9.31 Å². The Bertz CT molecular complexity index is 1760. The fraction of sp³-hybridized carbons (Fsp3) is 0.222. The Labute approximate surface area is 233 Å². The highest BCUT2D eigenvalue weighted by Gasteiger charge is 2.51. The summed E-state index contributed by atoms with van der Waals surface area (Å²) in [7, 11) is -0.438. The van der Waals surface area contributed by atoms with Crippen LogP contribution in [0.4, 0.5) is 0 Å². The van der Waals surface area contributed by atoms with E-state index in [-0.39, 0.29) is 0 Å². The molecule has 186 valence electrons. The summed E-state index contributed by atoms with van der Waals surface area (Å²) in [6, 6.07) is 21.0. The summed E-state index contributed by atoms with van der Waals surface area (Å²) in [5, 5.41) is 2.33. The van der Waals surface area contributed by atoms with Crippen molar-refractivity contribution in [3.8, 4) is 17.1 Å². The van der Waals surface area contributed by atoms with Gasteiger partial charge in [-0.1, -0.05) is 34.1 Å². The Hall–Kier alpha value is -2.63. The second-order valence-corrected chi connectivity index (χ2v) is 12.0. The molecular formula is C27H24BBrN4O2S2. The summed E-state index contributed by atoms with van der Waals surface area (Å²) in [6.45, 7) is 8.29. The number of benzene rings is 3. The number of nitrogens with zero attached hydrogens (tertiary/aromatic N) is 2. The Morgan fingerprint density at radius 3 is 2.11 bits per heavy atom. The van der Waals surface area contributed by atoms with E-state index in [0.717, 1.165) is 37.6 Å². The van der Waals surface area contributed by atoms with Gasteiger partial charge in [0.1, 0.15) is 5.82 Å². The van der Waals surface area contributed by atoms with Crippen molar-refractivity contribution in [1.29, 1.82) is 0 Å². The van der Waals surface area contributed by atoms with Crippen LogP contribution in [-0.4, -0.2) is 37.8 Å². The van der Waals surface area contributed by atoms with Crippen molar-refractivity contribution in [2.24, 2.45) is 0 Å². The van der Waals surface area contributed by atoms with Crippen LogP contribution in [0.15, 0.2) is 65.1 Å². The lowest BCUT2D eigenvalue weighted by atomic mass is 9.79. The van der Waals surface area contributed by atoms with Crippen molar-refractivity contribution in [3.63, 3.8) is 0 Å². The molecule has 0 spiro atoms. The van der Waals surface area contributed by atoms with Crippen LogP contribution < -0.4 is 5.46 Å². The van der Waals surface area contributed by atoms with Gasteiger partial charge in [0.15, 0.2) is 4.77 Å². The van der Waals surface area contributed by atoms with Gasteiger partial charge in [-0.2, -0.15) is 0 Å². The minimum absolute atomic E-state index is 0.352. The van der Waals surface area contributed by atoms with Gasteiger partial charge in [0.05, 0.1) is 22.2 Å². The number of nitrogens with one attached hydrogen (secondary N) is 2. The minimum Gasteiger partial charge on any atom is -0.399 e. The van der Waals surface area contributed by atoms with E-state index in [0.29, 0.717) is 15.4 Å². The molecule has 1 saturated heterocycles. The highest BCUT2D eigenvalue weighted by molar-refractivity contribution is 9.10. The number of rotatable bonds is 3. The molecule has 2 aromatic heterocycles. The van der Waals surface area contributed by atoms with Gasteiger partial charge in [-0.25, -0.2) is 4.98 Å². The molecule has 3 aromatic carbocycles. The molecule has 0 saturated carbocycles. The lowest BCUT2D eigenvalue weighted by Crippen LogP contribution is -2.41. The standard InChI is InChI=1S/C27H24BBrN4O2S2/c1-26(2)27(3,4)35-28(34-26)16-7-11-19-20-12-8-17(29)14-22(20)33(21(19)13-16)18-9-5-15(6-10-18)23-30-24(36)32-25(37)31-23/h5-14H,1-4H3,(H2,30,31,32,36,37). The second kappa shape index (κ2) is 8.71. The SMILES string of the molecule is CC1(C)OB(c2ccc3c4ccc(Br)cc4n(-c4ccc(-c5nc(=S)[nH]c(=S)[nH]5)cc4)c3c2)OC1(C)C. The van der Waals surface area contributed by atoms with E-state index in [1.807, 2.05) is 12.1 Å². The monoisotopic (exact) mass is 590 g/mol. The Kier molecular flexibility index (Phi) is 5.81. The molecule has 1 aliphatic rings. The van der Waals surface area contributed by atoms with Crippen LogP contribution in [0.25, 0.3) is 38.9 Å². The molecule has 0 radical (unpaired) electrons. The Morgan fingerprint density at radius 2 is 1.46 bits per heavy atom. The highest BCUT2D eigenvalue weighted by Crippen LogP contribution is 2.38. The maximum atomic E-state index is 6.35. The molecule has 37 heavy (non-hydrogen) atoms. The fourth-order valence-corrected chi connectivity index (χ4v) is 5.51. The average molecular weight is 591 g/mol. The molecule has 10 heteroatoms. The maximum absolute atomic E-state index is 6.35. The van der Waals surface area contributed by atoms with Gasteiger partial charge in [0, 0.05) is 26.5 Å². The van der Waals surface area contributed by atoms with E-state index >= 15 is 0 Å². The van der Waals surface area contributed by atoms with Crippen LogP contribution >= 0.6 is 40.4 Å². The van der Waals surface area contributed by atoms with Gasteiger partial charge < -0.3 is 23.8 Å². The quantitative estimate of drug-likeness (QED) is 0.174. The number of aromatic nitrogens is 4. The minimum atomic E-state index is -0.438. The van der Waals surface area contributed by atoms with Crippen LogP contribution in [0.2, 0.25) is 0 Å². The van der Waals surface area contributed by atoms with Crippen LogP contribution in [0.5, 0.6) is 0 Å². The molecule has 2 N–H and O–H groups in total. The van der Waals surface area contributed by atoms with Crippen molar-refractivity contribution < 1.29 is 9.31 Å². The maximum Gasteiger partial charge on any atom is 0.494 e. The molecule has 0 bridgehead atoms. The zero-order chi connectivity index (χ0) is 26.1. The predicted molar refractivity (Wildman–Crippen MR) is 158 cm³/mol. The fourth-order valence-electron chi connectivity index (χ4n) is 4.71. The number of fused-ring (bicyclic) bond motifs is 3. The average Bonchev–Trinajstić information content (AvgIpc) is 3.26. The molecule has 0 amide bonds. The first-order chi connectivity index (χ1) is 17.5. The van der Waals surface area contributed by atoms with E-state index in [9.17, 15) is 0 Å². The number of aromatic amines is 2. The van der Waals surface area contributed by atoms with Crippen molar-refractivity contribution in [2.75, 3.05) is 0 Å². The zero-order valence-corrected chi connectivity index (χ0v) is 24.0. The summed E-state index contributed by atoms with van der Waals surface area (Å²) in [6.07, 6.45) is 0.